The van der Waals surface area contributed by atoms with Gasteiger partial charge in [0.05, 0.1) is 32.5 Å². The number of anilines is 1. The number of phosphoric acid groups is 1. The molecule has 18 heteroatoms. The molecule has 0 radical (unpaired) electrons. The van der Waals surface area contributed by atoms with Crippen LogP contribution in [0.15, 0.2) is 17.1 Å². The number of nitrogens with zero attached hydrogens (tertiary/aromatic N) is 2. The number of ether oxygens (including phenoxy) is 3. The second kappa shape index (κ2) is 14.3. The zero-order valence-electron chi connectivity index (χ0n) is 18.7. The summed E-state index contributed by atoms with van der Waals surface area (Å²) >= 11 is 0. The molecule has 1 amide bonds. The molecule has 1 aliphatic heterocycles. The largest absolute Gasteiger partial charge is 0.471 e. The number of aliphatic hydroxyl groups excluding tert-OH is 1. The average Bonchev–Trinajstić information content (AvgIpc) is 3.17. The zero-order valence-corrected chi connectivity index (χ0v) is 19.6. The van der Waals surface area contributed by atoms with E-state index in [0.29, 0.717) is 12.8 Å². The number of aliphatic hydroxyl groups is 1. The standard InChI is InChI=1S/C18H23F3N4O6.H3O4P/c19-18(20,21)15(27)23-6-9-30-11-10-29-8-1-4-17(5-2-13(12-26)31-17)25-7-3-14(22)24-16(25)28;1-5(2,3)4/h3,7,13,26H,2,5-6,8-12H2,(H,23,27)(H2,22,24,28);(H3,1,2,3,4)/t13-,17+;/m0./s1. The van der Waals surface area contributed by atoms with Crippen molar-refractivity contribution >= 4 is 19.5 Å². The number of halogens is 3. The first-order chi connectivity index (χ1) is 16.7. The van der Waals surface area contributed by atoms with Gasteiger partial charge in [0.25, 0.3) is 0 Å². The van der Waals surface area contributed by atoms with Gasteiger partial charge < -0.3 is 45.0 Å². The van der Waals surface area contributed by atoms with E-state index in [0.717, 1.165) is 0 Å². The van der Waals surface area contributed by atoms with E-state index in [1.807, 2.05) is 0 Å². The summed E-state index contributed by atoms with van der Waals surface area (Å²) < 4.78 is 62.2. The molecule has 0 aliphatic carbocycles. The Morgan fingerprint density at radius 2 is 1.97 bits per heavy atom. The summed E-state index contributed by atoms with van der Waals surface area (Å²) in [5.74, 6) is 3.64. The first-order valence-electron chi connectivity index (χ1n) is 10.1. The van der Waals surface area contributed by atoms with Crippen LogP contribution < -0.4 is 16.7 Å². The minimum Gasteiger partial charge on any atom is -0.394 e. The fourth-order valence-corrected chi connectivity index (χ4v) is 2.75. The van der Waals surface area contributed by atoms with E-state index in [2.05, 4.69) is 16.8 Å². The second-order valence-electron chi connectivity index (χ2n) is 6.98. The molecule has 2 atom stereocenters. The molecule has 36 heavy (non-hydrogen) atoms. The second-order valence-corrected chi connectivity index (χ2v) is 8.01. The molecule has 0 saturated carbocycles. The van der Waals surface area contributed by atoms with Crippen molar-refractivity contribution in [2.75, 3.05) is 45.3 Å². The minimum atomic E-state index is -4.92. The predicted molar refractivity (Wildman–Crippen MR) is 115 cm³/mol. The third-order valence-electron chi connectivity index (χ3n) is 4.20. The number of carbonyl (C=O) groups is 1. The number of carbonyl (C=O) groups excluding carboxylic acids is 1. The smallest absolute Gasteiger partial charge is 0.394 e. The van der Waals surface area contributed by atoms with Gasteiger partial charge in [0, 0.05) is 19.2 Å². The van der Waals surface area contributed by atoms with Crippen LogP contribution in [-0.2, 0) is 29.3 Å². The molecule has 1 saturated heterocycles. The molecule has 1 aliphatic rings. The SMILES string of the molecule is Nc1ccn([C@@]2(C#CCOCCOCCNC(=O)C(F)(F)F)CC[C@@H](CO)O2)c(=O)n1.O=P(O)(O)O. The van der Waals surface area contributed by atoms with Crippen LogP contribution >= 0.6 is 7.82 Å². The van der Waals surface area contributed by atoms with Gasteiger partial charge in [-0.05, 0) is 18.4 Å². The molecule has 1 aromatic heterocycles. The van der Waals surface area contributed by atoms with Crippen LogP contribution in [0.3, 0.4) is 0 Å². The summed E-state index contributed by atoms with van der Waals surface area (Å²) in [6.07, 6.45) is -3.14. The summed E-state index contributed by atoms with van der Waals surface area (Å²) in [5.41, 5.74) is 3.57. The maximum atomic E-state index is 12.2. The van der Waals surface area contributed by atoms with Gasteiger partial charge in [-0.15, -0.1) is 0 Å². The fraction of sp³-hybridized carbons (Fsp3) is 0.611. The highest BCUT2D eigenvalue weighted by Gasteiger charge is 2.41. The Kier molecular flexibility index (Phi) is 12.5. The number of hydrogen-bond donors (Lipinski definition) is 6. The Bertz CT molecular complexity index is 1010. The summed E-state index contributed by atoms with van der Waals surface area (Å²) in [6.45, 7) is -0.451. The lowest BCUT2D eigenvalue weighted by Crippen LogP contribution is -2.41. The van der Waals surface area contributed by atoms with Gasteiger partial charge in [-0.2, -0.15) is 18.2 Å². The molecule has 0 bridgehead atoms. The number of aromatic nitrogens is 2. The van der Waals surface area contributed by atoms with E-state index in [1.54, 1.807) is 5.32 Å². The van der Waals surface area contributed by atoms with E-state index >= 15 is 0 Å². The number of alkyl halides is 3. The van der Waals surface area contributed by atoms with Crippen molar-refractivity contribution in [3.8, 4) is 11.8 Å². The quantitative estimate of drug-likeness (QED) is 0.118. The highest BCUT2D eigenvalue weighted by atomic mass is 31.2. The third kappa shape index (κ3) is 11.9. The van der Waals surface area contributed by atoms with Gasteiger partial charge in [0.1, 0.15) is 12.4 Å². The van der Waals surface area contributed by atoms with Gasteiger partial charge >= 0.3 is 25.6 Å². The maximum absolute atomic E-state index is 12.2. The van der Waals surface area contributed by atoms with Crippen LogP contribution in [0.2, 0.25) is 0 Å². The molecule has 1 fully saturated rings. The van der Waals surface area contributed by atoms with Crippen molar-refractivity contribution in [2.24, 2.45) is 0 Å². The normalized spacial score (nSPS) is 19.6. The van der Waals surface area contributed by atoms with E-state index in [1.165, 1.54) is 16.8 Å². The molecular weight excluding hydrogens is 520 g/mol. The molecule has 7 N–H and O–H groups in total. The average molecular weight is 546 g/mol. The van der Waals surface area contributed by atoms with Crippen LogP contribution in [-0.4, -0.2) is 87.1 Å². The van der Waals surface area contributed by atoms with Crippen molar-refractivity contribution in [1.29, 1.82) is 0 Å². The van der Waals surface area contributed by atoms with Crippen molar-refractivity contribution in [3.05, 3.63) is 22.7 Å². The Morgan fingerprint density at radius 3 is 2.53 bits per heavy atom. The first kappa shape index (κ1) is 31.5. The number of nitrogens with two attached hydrogens (primary N) is 1. The van der Waals surface area contributed by atoms with Crippen molar-refractivity contribution < 1.29 is 56.5 Å². The number of hydrogen-bond acceptors (Lipinski definition) is 9. The van der Waals surface area contributed by atoms with Gasteiger partial charge in [-0.25, -0.2) is 9.36 Å². The minimum absolute atomic E-state index is 0.0276. The van der Waals surface area contributed by atoms with Gasteiger partial charge in [-0.3, -0.25) is 9.36 Å². The Labute approximate surface area is 202 Å². The first-order valence-corrected chi connectivity index (χ1v) is 11.7. The number of nitrogen functional groups attached to an aromatic ring is 1. The molecule has 0 spiro atoms. The number of amides is 1. The monoisotopic (exact) mass is 546 g/mol. The lowest BCUT2D eigenvalue weighted by molar-refractivity contribution is -0.173. The predicted octanol–water partition coefficient (Wildman–Crippen LogP) is -1.56. The zero-order chi connectivity index (χ0) is 27.4. The van der Waals surface area contributed by atoms with Crippen LogP contribution in [0.1, 0.15) is 12.8 Å². The van der Waals surface area contributed by atoms with Crippen molar-refractivity contribution in [3.63, 3.8) is 0 Å². The van der Waals surface area contributed by atoms with Crippen molar-refractivity contribution in [2.45, 2.75) is 30.8 Å². The summed E-state index contributed by atoms with van der Waals surface area (Å²) in [5, 5.41) is 11.0. The summed E-state index contributed by atoms with van der Waals surface area (Å²) in [6, 6.07) is 1.44. The van der Waals surface area contributed by atoms with Gasteiger partial charge in [0.15, 0.2) is 0 Å². The Morgan fingerprint density at radius 1 is 1.33 bits per heavy atom. The van der Waals surface area contributed by atoms with E-state index in [-0.39, 0.29) is 45.4 Å². The summed E-state index contributed by atoms with van der Waals surface area (Å²) in [4.78, 5) is 48.0. The lowest BCUT2D eigenvalue weighted by Gasteiger charge is -2.25. The van der Waals surface area contributed by atoms with E-state index in [4.69, 9.17) is 39.2 Å². The Hall–Kier alpha value is -2.55. The highest BCUT2D eigenvalue weighted by Crippen LogP contribution is 2.33. The maximum Gasteiger partial charge on any atom is 0.471 e. The molecule has 14 nitrogen and oxygen atoms in total. The summed E-state index contributed by atoms with van der Waals surface area (Å²) in [7, 11) is -4.64. The van der Waals surface area contributed by atoms with Crippen molar-refractivity contribution in [1.82, 2.24) is 14.9 Å². The van der Waals surface area contributed by atoms with Crippen LogP contribution in [0, 0.1) is 11.8 Å². The third-order valence-corrected chi connectivity index (χ3v) is 4.20. The number of rotatable bonds is 9. The molecule has 204 valence electrons. The fourth-order valence-electron chi connectivity index (χ4n) is 2.75. The molecule has 2 heterocycles. The van der Waals surface area contributed by atoms with Gasteiger partial charge in [0.2, 0.25) is 5.72 Å². The molecule has 2 rings (SSSR count). The molecule has 1 aromatic rings. The van der Waals surface area contributed by atoms with E-state index in [9.17, 15) is 27.9 Å². The molecule has 0 unspecified atom stereocenters. The van der Waals surface area contributed by atoms with Gasteiger partial charge in [-0.1, -0.05) is 5.92 Å². The van der Waals surface area contributed by atoms with Crippen LogP contribution in [0.25, 0.3) is 0 Å². The molecule has 0 aromatic carbocycles. The Balaban J connectivity index is 0.00000118. The topological polar surface area (TPSA) is 216 Å². The lowest BCUT2D eigenvalue weighted by atomic mass is 10.1. The van der Waals surface area contributed by atoms with Crippen LogP contribution in [0.4, 0.5) is 19.0 Å². The molecular formula is C18H26F3N4O10P. The van der Waals surface area contributed by atoms with E-state index < -0.39 is 37.4 Å². The highest BCUT2D eigenvalue weighted by molar-refractivity contribution is 7.45. The van der Waals surface area contributed by atoms with Crippen LogP contribution in [0.5, 0.6) is 0 Å². The number of nitrogens with one attached hydrogen (secondary N) is 1.